The van der Waals surface area contributed by atoms with Gasteiger partial charge in [0.25, 0.3) is 5.69 Å². The van der Waals surface area contributed by atoms with Gasteiger partial charge in [0.05, 0.1) is 10.3 Å². The predicted molar refractivity (Wildman–Crippen MR) is 79.0 cm³/mol. The molecule has 3 nitrogen and oxygen atoms in total. The van der Waals surface area contributed by atoms with Gasteiger partial charge in [0.15, 0.2) is 0 Å². The Bertz CT molecular complexity index is 704. The minimum Gasteiger partial charge on any atom is -0.258 e. The van der Waals surface area contributed by atoms with Crippen LogP contribution in [0.25, 0.3) is 0 Å². The number of fused-ring (bicyclic) bond motifs is 1. The molecule has 0 saturated carbocycles. The summed E-state index contributed by atoms with van der Waals surface area (Å²) in [7, 11) is 0. The highest BCUT2D eigenvalue weighted by Gasteiger charge is 2.32. The van der Waals surface area contributed by atoms with Gasteiger partial charge in [-0.15, -0.1) is 11.6 Å². The summed E-state index contributed by atoms with van der Waals surface area (Å²) in [5.41, 5.74) is 2.60. The summed E-state index contributed by atoms with van der Waals surface area (Å²) in [6, 6.07) is 11.5. The van der Waals surface area contributed by atoms with E-state index in [1.54, 1.807) is 0 Å². The van der Waals surface area contributed by atoms with Crippen molar-refractivity contribution >= 4 is 17.3 Å². The normalized spacial score (nSPS) is 20.3. The van der Waals surface area contributed by atoms with Crippen LogP contribution in [0.5, 0.6) is 0 Å². The van der Waals surface area contributed by atoms with E-state index >= 15 is 0 Å². The Kier molecular flexibility index (Phi) is 3.64. The van der Waals surface area contributed by atoms with Gasteiger partial charge in [-0.05, 0) is 42.0 Å². The molecule has 0 fully saturated rings. The van der Waals surface area contributed by atoms with Crippen LogP contribution in [-0.4, -0.2) is 4.92 Å². The molecule has 0 aromatic heterocycles. The molecule has 3 rings (SSSR count). The fourth-order valence-corrected chi connectivity index (χ4v) is 3.37. The van der Waals surface area contributed by atoms with Crippen molar-refractivity contribution in [3.8, 4) is 0 Å². The smallest absolute Gasteiger partial charge is 0.258 e. The highest BCUT2D eigenvalue weighted by atomic mass is 35.5. The molecule has 0 radical (unpaired) electrons. The van der Waals surface area contributed by atoms with E-state index in [1.165, 1.54) is 17.7 Å². The summed E-state index contributed by atoms with van der Waals surface area (Å²) in [6.07, 6.45) is 1.16. The maximum atomic E-state index is 13.4. The summed E-state index contributed by atoms with van der Waals surface area (Å²) < 4.78 is 13.4. The molecule has 0 bridgehead atoms. The van der Waals surface area contributed by atoms with Crippen molar-refractivity contribution in [2.24, 2.45) is 5.92 Å². The summed E-state index contributed by atoms with van der Waals surface area (Å²) >= 11 is 6.47. The Labute approximate surface area is 126 Å². The van der Waals surface area contributed by atoms with Gasteiger partial charge in [-0.1, -0.05) is 24.3 Å². The topological polar surface area (TPSA) is 43.1 Å². The molecule has 5 heteroatoms. The highest BCUT2D eigenvalue weighted by molar-refractivity contribution is 6.21. The number of benzene rings is 2. The molecule has 2 atom stereocenters. The van der Waals surface area contributed by atoms with E-state index in [1.807, 2.05) is 24.3 Å². The lowest BCUT2D eigenvalue weighted by Gasteiger charge is -2.14. The largest absolute Gasteiger partial charge is 0.272 e. The number of alkyl halides is 1. The first-order valence-electron chi connectivity index (χ1n) is 6.71. The van der Waals surface area contributed by atoms with Gasteiger partial charge in [-0.3, -0.25) is 10.1 Å². The summed E-state index contributed by atoms with van der Waals surface area (Å²) in [6.45, 7) is 0. The molecule has 0 heterocycles. The third kappa shape index (κ3) is 2.63. The zero-order valence-electron chi connectivity index (χ0n) is 11.1. The van der Waals surface area contributed by atoms with Gasteiger partial charge in [0.2, 0.25) is 0 Å². The van der Waals surface area contributed by atoms with Gasteiger partial charge in [0, 0.05) is 11.6 Å². The number of nitrogens with zero attached hydrogens (tertiary/aromatic N) is 1. The standard InChI is InChI=1S/C16H13ClFNO2/c17-16-12(7-10-3-1-2-4-14(10)16)8-11-9-13(18)5-6-15(11)19(20)21/h1-6,9,12,16H,7-8H2. The van der Waals surface area contributed by atoms with Crippen LogP contribution in [0, 0.1) is 21.8 Å². The molecular formula is C16H13ClFNO2. The zero-order valence-corrected chi connectivity index (χ0v) is 11.9. The monoisotopic (exact) mass is 305 g/mol. The Morgan fingerprint density at radius 2 is 2.05 bits per heavy atom. The van der Waals surface area contributed by atoms with E-state index in [0.717, 1.165) is 18.1 Å². The van der Waals surface area contributed by atoms with Crippen LogP contribution in [0.15, 0.2) is 42.5 Å². The molecule has 0 amide bonds. The molecule has 0 saturated heterocycles. The number of halogens is 2. The molecule has 21 heavy (non-hydrogen) atoms. The number of nitro groups is 1. The first-order chi connectivity index (χ1) is 10.1. The Morgan fingerprint density at radius 1 is 1.29 bits per heavy atom. The van der Waals surface area contributed by atoms with Crippen molar-refractivity contribution in [3.05, 3.63) is 75.1 Å². The molecular weight excluding hydrogens is 293 g/mol. The molecule has 0 spiro atoms. The fourth-order valence-electron chi connectivity index (χ4n) is 2.98. The van der Waals surface area contributed by atoms with Gasteiger partial charge in [0.1, 0.15) is 5.82 Å². The van der Waals surface area contributed by atoms with Crippen molar-refractivity contribution in [3.63, 3.8) is 0 Å². The lowest BCUT2D eigenvalue weighted by Crippen LogP contribution is -2.09. The van der Waals surface area contributed by atoms with Crippen LogP contribution in [0.4, 0.5) is 10.1 Å². The zero-order chi connectivity index (χ0) is 15.0. The molecule has 1 aliphatic carbocycles. The van der Waals surface area contributed by atoms with Crippen LogP contribution in [0.1, 0.15) is 22.1 Å². The van der Waals surface area contributed by atoms with E-state index in [4.69, 9.17) is 11.6 Å². The van der Waals surface area contributed by atoms with Gasteiger partial charge < -0.3 is 0 Å². The molecule has 0 aliphatic heterocycles. The van der Waals surface area contributed by atoms with Crippen LogP contribution in [-0.2, 0) is 12.8 Å². The predicted octanol–water partition coefficient (Wildman–Crippen LogP) is 4.43. The van der Waals surface area contributed by atoms with Crippen LogP contribution < -0.4 is 0 Å². The summed E-state index contributed by atoms with van der Waals surface area (Å²) in [5.74, 6) is -0.415. The second-order valence-corrected chi connectivity index (χ2v) is 5.77. The fraction of sp³-hybridized carbons (Fsp3) is 0.250. The Balaban J connectivity index is 1.89. The maximum Gasteiger partial charge on any atom is 0.272 e. The summed E-state index contributed by atoms with van der Waals surface area (Å²) in [4.78, 5) is 10.6. The lowest BCUT2D eigenvalue weighted by atomic mass is 9.95. The molecule has 108 valence electrons. The van der Waals surface area contributed by atoms with E-state index in [0.29, 0.717) is 12.0 Å². The van der Waals surface area contributed by atoms with Crippen molar-refractivity contribution in [1.82, 2.24) is 0 Å². The van der Waals surface area contributed by atoms with E-state index in [-0.39, 0.29) is 17.0 Å². The highest BCUT2D eigenvalue weighted by Crippen LogP contribution is 2.43. The third-order valence-electron chi connectivity index (χ3n) is 3.97. The van der Waals surface area contributed by atoms with Crippen molar-refractivity contribution in [2.75, 3.05) is 0 Å². The Hall–Kier alpha value is -1.94. The second kappa shape index (κ2) is 5.45. The third-order valence-corrected chi connectivity index (χ3v) is 4.56. The minimum atomic E-state index is -0.472. The first-order valence-corrected chi connectivity index (χ1v) is 7.14. The SMILES string of the molecule is O=[N+]([O-])c1ccc(F)cc1CC1Cc2ccccc2C1Cl. The average Bonchev–Trinajstić information content (AvgIpc) is 2.76. The Morgan fingerprint density at radius 3 is 2.76 bits per heavy atom. The van der Waals surface area contributed by atoms with Gasteiger partial charge in [-0.2, -0.15) is 0 Å². The molecule has 0 N–H and O–H groups in total. The van der Waals surface area contributed by atoms with Gasteiger partial charge >= 0.3 is 0 Å². The molecule has 2 unspecified atom stereocenters. The quantitative estimate of drug-likeness (QED) is 0.478. The lowest BCUT2D eigenvalue weighted by molar-refractivity contribution is -0.385. The maximum absolute atomic E-state index is 13.4. The minimum absolute atomic E-state index is 0.0452. The van der Waals surface area contributed by atoms with Crippen molar-refractivity contribution in [2.45, 2.75) is 18.2 Å². The van der Waals surface area contributed by atoms with Crippen molar-refractivity contribution in [1.29, 1.82) is 0 Å². The number of hydrogen-bond acceptors (Lipinski definition) is 2. The molecule has 2 aromatic carbocycles. The summed E-state index contributed by atoms with van der Waals surface area (Å²) in [5, 5.41) is 10.9. The van der Waals surface area contributed by atoms with Gasteiger partial charge in [-0.25, -0.2) is 4.39 Å². The van der Waals surface area contributed by atoms with Crippen LogP contribution in [0.2, 0.25) is 0 Å². The van der Waals surface area contributed by atoms with Crippen LogP contribution >= 0.6 is 11.6 Å². The van der Waals surface area contributed by atoms with E-state index in [9.17, 15) is 14.5 Å². The number of hydrogen-bond donors (Lipinski definition) is 0. The average molecular weight is 306 g/mol. The second-order valence-electron chi connectivity index (χ2n) is 5.30. The van der Waals surface area contributed by atoms with Crippen LogP contribution in [0.3, 0.4) is 0 Å². The van der Waals surface area contributed by atoms with E-state index < -0.39 is 10.7 Å². The molecule has 1 aliphatic rings. The van der Waals surface area contributed by atoms with Crippen molar-refractivity contribution < 1.29 is 9.31 Å². The molecule has 2 aromatic rings. The first kappa shape index (κ1) is 14.0. The van der Waals surface area contributed by atoms with E-state index in [2.05, 4.69) is 0 Å². The number of nitro benzene ring substituents is 1. The number of rotatable bonds is 3.